The normalized spacial score (nSPS) is 14.9. The minimum atomic E-state index is -3.42. The number of hydrogen-bond donors (Lipinski definition) is 2. The van der Waals surface area contributed by atoms with Gasteiger partial charge in [-0.2, -0.15) is 0 Å². The van der Waals surface area contributed by atoms with Gasteiger partial charge >= 0.3 is 5.97 Å². The average Bonchev–Trinajstić information content (AvgIpc) is 2.95. The molecule has 0 saturated heterocycles. The van der Waals surface area contributed by atoms with Gasteiger partial charge in [0.1, 0.15) is 17.5 Å². The summed E-state index contributed by atoms with van der Waals surface area (Å²) >= 11 is 0. The van der Waals surface area contributed by atoms with E-state index in [1.165, 1.54) is 12.1 Å². The molecular weight excluding hydrogens is 307 g/mol. The smallest absolute Gasteiger partial charge is 0.303 e. The summed E-state index contributed by atoms with van der Waals surface area (Å²) in [5, 5.41) is 8.79. The van der Waals surface area contributed by atoms with Gasteiger partial charge < -0.3 is 10.1 Å². The maximum absolute atomic E-state index is 14.2. The van der Waals surface area contributed by atoms with Crippen LogP contribution in [0.4, 0.5) is 13.2 Å². The van der Waals surface area contributed by atoms with Crippen molar-refractivity contribution in [1.82, 2.24) is 4.98 Å². The average molecular weight is 323 g/mol. The van der Waals surface area contributed by atoms with Crippen LogP contribution in [0.3, 0.4) is 0 Å². The Morgan fingerprint density at radius 2 is 1.83 bits per heavy atom. The maximum atomic E-state index is 14.2. The number of carboxylic acid groups (broad SMARTS) is 1. The number of halogens is 3. The van der Waals surface area contributed by atoms with E-state index in [1.54, 1.807) is 0 Å². The molecule has 3 rings (SSSR count). The molecule has 0 fully saturated rings. The molecule has 0 unspecified atom stereocenters. The molecule has 0 spiro atoms. The molecule has 0 atom stereocenters. The van der Waals surface area contributed by atoms with Crippen LogP contribution in [0.5, 0.6) is 0 Å². The summed E-state index contributed by atoms with van der Waals surface area (Å²) in [4.78, 5) is 13.9. The van der Waals surface area contributed by atoms with E-state index in [-0.39, 0.29) is 22.2 Å². The SMILES string of the molecule is [2H]C([2H])(C(=O)O)C([2H])([2H])c1c(-c2ccc(F)cc2)[nH]c2c(F)cc(F)cc12. The number of fused-ring (bicyclic) bond motifs is 1. The number of aliphatic carboxylic acids is 1. The summed E-state index contributed by atoms with van der Waals surface area (Å²) in [5.74, 6) is -4.79. The molecule has 0 radical (unpaired) electrons. The maximum Gasteiger partial charge on any atom is 0.303 e. The summed E-state index contributed by atoms with van der Waals surface area (Å²) in [6.45, 7) is 0. The second kappa shape index (κ2) is 5.79. The zero-order valence-corrected chi connectivity index (χ0v) is 11.5. The number of carboxylic acids is 1. The fourth-order valence-corrected chi connectivity index (χ4v) is 2.30. The van der Waals surface area contributed by atoms with Gasteiger partial charge in [0, 0.05) is 29.0 Å². The number of H-pyrrole nitrogens is 1. The highest BCUT2D eigenvalue weighted by atomic mass is 19.1. The van der Waals surface area contributed by atoms with Gasteiger partial charge in [-0.25, -0.2) is 13.2 Å². The number of aryl methyl sites for hydroxylation is 1. The number of carbonyl (C=O) groups is 1. The van der Waals surface area contributed by atoms with E-state index in [4.69, 9.17) is 10.6 Å². The zero-order valence-electron chi connectivity index (χ0n) is 15.5. The predicted octanol–water partition coefficient (Wildman–Crippen LogP) is 4.27. The van der Waals surface area contributed by atoms with Crippen LogP contribution in [0, 0.1) is 17.5 Å². The molecule has 0 aliphatic carbocycles. The number of hydrogen-bond acceptors (Lipinski definition) is 1. The quantitative estimate of drug-likeness (QED) is 0.753. The van der Waals surface area contributed by atoms with Crippen molar-refractivity contribution in [3.05, 3.63) is 59.4 Å². The molecule has 3 nitrogen and oxygen atoms in total. The summed E-state index contributed by atoms with van der Waals surface area (Å²) in [5.41, 5.74) is -0.928. The second-order valence-corrected chi connectivity index (χ2v) is 4.75. The molecule has 118 valence electrons. The van der Waals surface area contributed by atoms with E-state index >= 15 is 0 Å². The van der Waals surface area contributed by atoms with Gasteiger partial charge in [-0.15, -0.1) is 0 Å². The van der Waals surface area contributed by atoms with Crippen molar-refractivity contribution in [3.63, 3.8) is 0 Å². The molecule has 6 heteroatoms. The molecule has 2 aromatic carbocycles. The first-order valence-electron chi connectivity index (χ1n) is 8.47. The highest BCUT2D eigenvalue weighted by Crippen LogP contribution is 2.33. The molecular formula is C17H12F3NO2. The van der Waals surface area contributed by atoms with Gasteiger partial charge in [0.05, 0.1) is 5.52 Å². The first-order chi connectivity index (χ1) is 12.5. The second-order valence-electron chi connectivity index (χ2n) is 4.75. The fourth-order valence-electron chi connectivity index (χ4n) is 2.30. The molecule has 1 aromatic heterocycles. The molecule has 0 aliphatic heterocycles. The number of benzene rings is 2. The van der Waals surface area contributed by atoms with E-state index in [0.29, 0.717) is 6.07 Å². The summed E-state index contributed by atoms with van der Waals surface area (Å²) in [6.07, 6.45) is -6.60. The van der Waals surface area contributed by atoms with Gasteiger partial charge in [-0.3, -0.25) is 4.79 Å². The number of nitrogens with one attached hydrogen (secondary N) is 1. The molecule has 23 heavy (non-hydrogen) atoms. The van der Waals surface area contributed by atoms with E-state index in [9.17, 15) is 18.0 Å². The molecule has 2 N–H and O–H groups in total. The molecule has 0 saturated carbocycles. The highest BCUT2D eigenvalue weighted by molar-refractivity contribution is 5.91. The number of rotatable bonds is 4. The Morgan fingerprint density at radius 1 is 1.13 bits per heavy atom. The number of aromatic nitrogens is 1. The van der Waals surface area contributed by atoms with E-state index < -0.39 is 41.7 Å². The van der Waals surface area contributed by atoms with Crippen LogP contribution >= 0.6 is 0 Å². The summed E-state index contributed by atoms with van der Waals surface area (Å²) < 4.78 is 72.8. The van der Waals surface area contributed by atoms with Crippen LogP contribution < -0.4 is 0 Å². The van der Waals surface area contributed by atoms with Crippen LogP contribution in [0.2, 0.25) is 0 Å². The van der Waals surface area contributed by atoms with Gasteiger partial charge in [0.2, 0.25) is 0 Å². The van der Waals surface area contributed by atoms with Crippen molar-refractivity contribution in [2.24, 2.45) is 0 Å². The Hall–Kier alpha value is -2.76. The van der Waals surface area contributed by atoms with Crippen molar-refractivity contribution >= 4 is 16.9 Å². The third-order valence-corrected chi connectivity index (χ3v) is 3.25. The minimum absolute atomic E-state index is 0.146. The fraction of sp³-hybridized carbons (Fsp3) is 0.118. The van der Waals surface area contributed by atoms with Crippen molar-refractivity contribution in [2.75, 3.05) is 0 Å². The van der Waals surface area contributed by atoms with Gasteiger partial charge in [0.15, 0.2) is 0 Å². The molecule has 0 amide bonds. The van der Waals surface area contributed by atoms with E-state index in [0.717, 1.165) is 18.2 Å². The Kier molecular flexibility index (Phi) is 2.74. The van der Waals surface area contributed by atoms with Crippen LogP contribution in [-0.2, 0) is 11.2 Å². The Morgan fingerprint density at radius 3 is 2.48 bits per heavy atom. The summed E-state index contributed by atoms with van der Waals surface area (Å²) in [7, 11) is 0. The molecule has 0 aliphatic rings. The third kappa shape index (κ3) is 2.92. The third-order valence-electron chi connectivity index (χ3n) is 3.25. The Labute approximate surface area is 135 Å². The van der Waals surface area contributed by atoms with Crippen LogP contribution in [0.15, 0.2) is 36.4 Å². The Bertz CT molecular complexity index is 1050. The van der Waals surface area contributed by atoms with Gasteiger partial charge in [0.25, 0.3) is 0 Å². The molecule has 3 aromatic rings. The zero-order chi connectivity index (χ0) is 20.1. The van der Waals surface area contributed by atoms with E-state index in [2.05, 4.69) is 4.98 Å². The highest BCUT2D eigenvalue weighted by Gasteiger charge is 2.17. The first-order valence-corrected chi connectivity index (χ1v) is 6.47. The lowest BCUT2D eigenvalue weighted by molar-refractivity contribution is -0.136. The predicted molar refractivity (Wildman–Crippen MR) is 79.6 cm³/mol. The Balaban J connectivity index is 2.43. The van der Waals surface area contributed by atoms with Crippen molar-refractivity contribution in [3.8, 4) is 11.3 Å². The van der Waals surface area contributed by atoms with Crippen molar-refractivity contribution in [2.45, 2.75) is 12.7 Å². The minimum Gasteiger partial charge on any atom is -0.481 e. The largest absolute Gasteiger partial charge is 0.481 e. The van der Waals surface area contributed by atoms with Crippen molar-refractivity contribution < 1.29 is 28.6 Å². The van der Waals surface area contributed by atoms with Crippen LogP contribution in [-0.4, -0.2) is 16.1 Å². The van der Waals surface area contributed by atoms with Crippen LogP contribution in [0.1, 0.15) is 17.4 Å². The first kappa shape index (κ1) is 10.9. The van der Waals surface area contributed by atoms with Gasteiger partial charge in [-0.1, -0.05) is 0 Å². The van der Waals surface area contributed by atoms with Crippen LogP contribution in [0.25, 0.3) is 22.2 Å². The monoisotopic (exact) mass is 323 g/mol. The topological polar surface area (TPSA) is 53.1 Å². The number of aromatic amines is 1. The molecule has 0 bridgehead atoms. The summed E-state index contributed by atoms with van der Waals surface area (Å²) in [6, 6.07) is 5.88. The lowest BCUT2D eigenvalue weighted by atomic mass is 10.0. The van der Waals surface area contributed by atoms with E-state index in [1.807, 2.05) is 0 Å². The van der Waals surface area contributed by atoms with Gasteiger partial charge in [-0.05, 0) is 47.8 Å². The molecule has 1 heterocycles. The standard InChI is InChI=1S/C17H12F3NO2/c18-10-3-1-9(2-4-10)16-12(5-6-15(22)23)13-7-11(19)8-14(20)17(13)21-16/h1-4,7-8,21H,5-6H2,(H,22,23)/i5D2,6D2. The lowest BCUT2D eigenvalue weighted by Crippen LogP contribution is -1.98. The lowest BCUT2D eigenvalue weighted by Gasteiger charge is -2.04. The van der Waals surface area contributed by atoms with Crippen molar-refractivity contribution in [1.29, 1.82) is 0 Å².